The number of rotatable bonds is 4. The van der Waals surface area contributed by atoms with Crippen LogP contribution in [0.4, 0.5) is 0 Å². The first kappa shape index (κ1) is 15.0. The molecule has 1 aliphatic rings. The molecule has 3 rings (SSSR count). The molecule has 0 aliphatic heterocycles. The number of aliphatic carboxylic acids is 1. The lowest BCUT2D eigenvalue weighted by atomic mass is 9.74. The standard InChI is InChI=1S/C17H16BrNO3/c18-14-5-4-11-8-13(3-2-12(11)9-14)16(22)19-17(6-1-7-17)10-15(20)21/h2-5,8-9H,1,6-7,10H2,(H,19,22)(H,20,21). The Balaban J connectivity index is 1.82. The first-order chi connectivity index (χ1) is 10.5. The minimum Gasteiger partial charge on any atom is -0.481 e. The van der Waals surface area contributed by atoms with Crippen molar-refractivity contribution in [2.24, 2.45) is 0 Å². The first-order valence-electron chi connectivity index (χ1n) is 7.21. The number of fused-ring (bicyclic) bond motifs is 1. The second kappa shape index (κ2) is 5.72. The molecular formula is C17H16BrNO3. The number of nitrogens with one attached hydrogen (secondary N) is 1. The average molecular weight is 362 g/mol. The summed E-state index contributed by atoms with van der Waals surface area (Å²) in [6, 6.07) is 11.4. The Morgan fingerprint density at radius 3 is 2.45 bits per heavy atom. The van der Waals surface area contributed by atoms with Crippen LogP contribution in [0.3, 0.4) is 0 Å². The Bertz CT molecular complexity index is 753. The van der Waals surface area contributed by atoms with E-state index in [2.05, 4.69) is 21.2 Å². The van der Waals surface area contributed by atoms with E-state index < -0.39 is 11.5 Å². The number of hydrogen-bond acceptors (Lipinski definition) is 2. The van der Waals surface area contributed by atoms with Gasteiger partial charge in [0.1, 0.15) is 0 Å². The smallest absolute Gasteiger partial charge is 0.305 e. The summed E-state index contributed by atoms with van der Waals surface area (Å²) < 4.78 is 0.993. The van der Waals surface area contributed by atoms with Crippen molar-refractivity contribution >= 4 is 38.6 Å². The van der Waals surface area contributed by atoms with Gasteiger partial charge in [0, 0.05) is 10.0 Å². The van der Waals surface area contributed by atoms with E-state index in [1.54, 1.807) is 6.07 Å². The van der Waals surface area contributed by atoms with Crippen molar-refractivity contribution in [2.75, 3.05) is 0 Å². The maximum absolute atomic E-state index is 12.4. The van der Waals surface area contributed by atoms with Crippen LogP contribution in [0.25, 0.3) is 10.8 Å². The van der Waals surface area contributed by atoms with Crippen molar-refractivity contribution in [1.82, 2.24) is 5.32 Å². The molecule has 5 heteroatoms. The molecule has 0 bridgehead atoms. The van der Waals surface area contributed by atoms with E-state index in [0.717, 1.165) is 34.5 Å². The topological polar surface area (TPSA) is 66.4 Å². The van der Waals surface area contributed by atoms with Crippen LogP contribution in [0.2, 0.25) is 0 Å². The van der Waals surface area contributed by atoms with Crippen LogP contribution in [0.15, 0.2) is 40.9 Å². The Labute approximate surface area is 136 Å². The lowest BCUT2D eigenvalue weighted by Gasteiger charge is -2.41. The highest BCUT2D eigenvalue weighted by atomic mass is 79.9. The molecule has 0 spiro atoms. The average Bonchev–Trinajstić information content (AvgIpc) is 2.43. The monoisotopic (exact) mass is 361 g/mol. The molecule has 2 aromatic rings. The fourth-order valence-corrected chi connectivity index (χ4v) is 3.29. The summed E-state index contributed by atoms with van der Waals surface area (Å²) in [6.07, 6.45) is 2.40. The summed E-state index contributed by atoms with van der Waals surface area (Å²) in [4.78, 5) is 23.4. The SMILES string of the molecule is O=C(O)CC1(NC(=O)c2ccc3cc(Br)ccc3c2)CCC1. The van der Waals surface area contributed by atoms with Crippen LogP contribution in [0, 0.1) is 0 Å². The van der Waals surface area contributed by atoms with Gasteiger partial charge in [-0.1, -0.05) is 28.1 Å². The van der Waals surface area contributed by atoms with Gasteiger partial charge in [0.15, 0.2) is 0 Å². The number of amides is 1. The van der Waals surface area contributed by atoms with Crippen LogP contribution in [0.5, 0.6) is 0 Å². The van der Waals surface area contributed by atoms with Gasteiger partial charge in [0.05, 0.1) is 12.0 Å². The quantitative estimate of drug-likeness (QED) is 0.871. The van der Waals surface area contributed by atoms with Crippen LogP contribution < -0.4 is 5.32 Å². The van der Waals surface area contributed by atoms with E-state index in [0.29, 0.717) is 5.56 Å². The highest BCUT2D eigenvalue weighted by Crippen LogP contribution is 2.35. The van der Waals surface area contributed by atoms with E-state index in [4.69, 9.17) is 5.11 Å². The van der Waals surface area contributed by atoms with Gasteiger partial charge in [-0.3, -0.25) is 9.59 Å². The summed E-state index contributed by atoms with van der Waals surface area (Å²) in [5.41, 5.74) is -0.0103. The van der Waals surface area contributed by atoms with Crippen molar-refractivity contribution in [1.29, 1.82) is 0 Å². The van der Waals surface area contributed by atoms with Gasteiger partial charge in [0.2, 0.25) is 0 Å². The maximum Gasteiger partial charge on any atom is 0.305 e. The van der Waals surface area contributed by atoms with Gasteiger partial charge in [-0.2, -0.15) is 0 Å². The molecule has 0 saturated heterocycles. The predicted octanol–water partition coefficient (Wildman–Crippen LogP) is 3.73. The zero-order valence-corrected chi connectivity index (χ0v) is 13.5. The second-order valence-corrected chi connectivity index (χ2v) is 6.78. The molecule has 0 radical (unpaired) electrons. The second-order valence-electron chi connectivity index (χ2n) is 5.86. The normalized spacial score (nSPS) is 16.0. The van der Waals surface area contributed by atoms with Gasteiger partial charge >= 0.3 is 5.97 Å². The molecule has 0 unspecified atom stereocenters. The molecule has 4 nitrogen and oxygen atoms in total. The van der Waals surface area contributed by atoms with E-state index in [-0.39, 0.29) is 12.3 Å². The molecule has 0 aromatic heterocycles. The van der Waals surface area contributed by atoms with Crippen molar-refractivity contribution in [3.63, 3.8) is 0 Å². The minimum absolute atomic E-state index is 0.0146. The molecule has 1 saturated carbocycles. The third-order valence-electron chi connectivity index (χ3n) is 4.24. The number of carbonyl (C=O) groups excluding carboxylic acids is 1. The number of carboxylic acids is 1. The zero-order chi connectivity index (χ0) is 15.7. The lowest BCUT2D eigenvalue weighted by molar-refractivity contribution is -0.139. The zero-order valence-electron chi connectivity index (χ0n) is 11.9. The number of carboxylic acid groups (broad SMARTS) is 1. The van der Waals surface area contributed by atoms with Gasteiger partial charge < -0.3 is 10.4 Å². The van der Waals surface area contributed by atoms with E-state index >= 15 is 0 Å². The Morgan fingerprint density at radius 1 is 1.14 bits per heavy atom. The Kier molecular flexibility index (Phi) is 3.91. The third kappa shape index (κ3) is 2.99. The van der Waals surface area contributed by atoms with Crippen molar-refractivity contribution < 1.29 is 14.7 Å². The molecule has 0 atom stereocenters. The first-order valence-corrected chi connectivity index (χ1v) is 8.00. The largest absolute Gasteiger partial charge is 0.481 e. The van der Waals surface area contributed by atoms with Crippen molar-refractivity contribution in [3.8, 4) is 0 Å². The van der Waals surface area contributed by atoms with Crippen LogP contribution in [-0.2, 0) is 4.79 Å². The van der Waals surface area contributed by atoms with Crippen LogP contribution in [0.1, 0.15) is 36.0 Å². The van der Waals surface area contributed by atoms with E-state index in [1.165, 1.54) is 0 Å². The molecule has 0 heterocycles. The Hall–Kier alpha value is -1.88. The number of hydrogen-bond donors (Lipinski definition) is 2. The Morgan fingerprint density at radius 2 is 1.82 bits per heavy atom. The molecule has 22 heavy (non-hydrogen) atoms. The summed E-state index contributed by atoms with van der Waals surface area (Å²) >= 11 is 3.42. The third-order valence-corrected chi connectivity index (χ3v) is 4.74. The highest BCUT2D eigenvalue weighted by Gasteiger charge is 2.40. The molecule has 1 fully saturated rings. The molecule has 2 N–H and O–H groups in total. The fourth-order valence-electron chi connectivity index (χ4n) is 2.91. The fraction of sp³-hybridized carbons (Fsp3) is 0.294. The van der Waals surface area contributed by atoms with Crippen LogP contribution in [-0.4, -0.2) is 22.5 Å². The minimum atomic E-state index is -0.872. The molecule has 114 valence electrons. The van der Waals surface area contributed by atoms with E-state index in [9.17, 15) is 9.59 Å². The molecule has 1 amide bonds. The van der Waals surface area contributed by atoms with Gasteiger partial charge in [-0.25, -0.2) is 0 Å². The van der Waals surface area contributed by atoms with Crippen molar-refractivity contribution in [2.45, 2.75) is 31.2 Å². The summed E-state index contributed by atoms with van der Waals surface area (Å²) in [7, 11) is 0. The maximum atomic E-state index is 12.4. The summed E-state index contributed by atoms with van der Waals surface area (Å²) in [5.74, 6) is -1.07. The number of carbonyl (C=O) groups is 2. The van der Waals surface area contributed by atoms with Gasteiger partial charge in [-0.05, 0) is 54.3 Å². The molecule has 2 aromatic carbocycles. The predicted molar refractivity (Wildman–Crippen MR) is 87.9 cm³/mol. The van der Waals surface area contributed by atoms with Crippen LogP contribution >= 0.6 is 15.9 Å². The highest BCUT2D eigenvalue weighted by molar-refractivity contribution is 9.10. The van der Waals surface area contributed by atoms with E-state index in [1.807, 2.05) is 30.3 Å². The lowest BCUT2D eigenvalue weighted by Crippen LogP contribution is -2.54. The molecule has 1 aliphatic carbocycles. The summed E-state index contributed by atoms with van der Waals surface area (Å²) in [5, 5.41) is 14.0. The molecular weight excluding hydrogens is 346 g/mol. The van der Waals surface area contributed by atoms with Gasteiger partial charge in [-0.15, -0.1) is 0 Å². The summed E-state index contributed by atoms with van der Waals surface area (Å²) in [6.45, 7) is 0. The van der Waals surface area contributed by atoms with Crippen molar-refractivity contribution in [3.05, 3.63) is 46.4 Å². The van der Waals surface area contributed by atoms with Gasteiger partial charge in [0.25, 0.3) is 5.91 Å². The number of halogens is 1. The number of benzene rings is 2.